The van der Waals surface area contributed by atoms with Crippen molar-refractivity contribution in [1.82, 2.24) is 15.1 Å². The fourth-order valence-electron chi connectivity index (χ4n) is 1.45. The molecule has 0 radical (unpaired) electrons. The van der Waals surface area contributed by atoms with Crippen LogP contribution >= 0.6 is 22.9 Å². The summed E-state index contributed by atoms with van der Waals surface area (Å²) in [5.41, 5.74) is 1.19. The van der Waals surface area contributed by atoms with E-state index in [9.17, 15) is 0 Å². The van der Waals surface area contributed by atoms with Crippen LogP contribution in [0.1, 0.15) is 16.3 Å². The van der Waals surface area contributed by atoms with Gasteiger partial charge in [-0.3, -0.25) is 4.90 Å². The number of aromatic nitrogens is 2. The normalized spacial score (nSPS) is 11.2. The molecule has 0 N–H and O–H groups in total. The Balaban J connectivity index is 1.94. The molecule has 0 amide bonds. The first kappa shape index (κ1) is 11.6. The minimum Gasteiger partial charge on any atom is -0.469 e. The second kappa shape index (κ2) is 4.95. The van der Waals surface area contributed by atoms with Gasteiger partial charge in [-0.05, 0) is 31.6 Å². The van der Waals surface area contributed by atoms with Crippen molar-refractivity contribution in [2.45, 2.75) is 20.0 Å². The van der Waals surface area contributed by atoms with E-state index in [2.05, 4.69) is 15.1 Å². The molecule has 0 saturated heterocycles. The van der Waals surface area contributed by atoms with Crippen molar-refractivity contribution in [2.24, 2.45) is 0 Å². The van der Waals surface area contributed by atoms with E-state index in [1.807, 2.05) is 20.0 Å². The van der Waals surface area contributed by atoms with Crippen molar-refractivity contribution < 1.29 is 4.42 Å². The average Bonchev–Trinajstić information content (AvgIpc) is 2.77. The van der Waals surface area contributed by atoms with Gasteiger partial charge in [-0.25, -0.2) is 0 Å². The molecule has 16 heavy (non-hydrogen) atoms. The Morgan fingerprint density at radius 3 is 2.81 bits per heavy atom. The second-order valence-electron chi connectivity index (χ2n) is 3.62. The summed E-state index contributed by atoms with van der Waals surface area (Å²) in [7, 11) is 2.03. The van der Waals surface area contributed by atoms with Crippen LogP contribution in [0.5, 0.6) is 0 Å². The molecule has 2 aromatic heterocycles. The van der Waals surface area contributed by atoms with Gasteiger partial charge in [0.1, 0.15) is 10.8 Å². The predicted octanol–water partition coefficient (Wildman–Crippen LogP) is 2.72. The first-order valence-corrected chi connectivity index (χ1v) is 6.04. The van der Waals surface area contributed by atoms with Gasteiger partial charge < -0.3 is 4.42 Å². The van der Waals surface area contributed by atoms with E-state index in [1.165, 1.54) is 16.9 Å². The fraction of sp³-hybridized carbons (Fsp3) is 0.400. The Bertz CT molecular complexity index is 468. The summed E-state index contributed by atoms with van der Waals surface area (Å²) in [5, 5.41) is 8.68. The number of nitrogens with zero attached hydrogens (tertiary/aromatic N) is 3. The molecule has 0 aliphatic rings. The standard InChI is InChI=1S/C10H12ClN3OS/c1-7-8(3-4-15-7)5-14(2)6-9-12-13-10(11)16-9/h3-4H,5-6H2,1-2H3. The van der Waals surface area contributed by atoms with Gasteiger partial charge in [-0.2, -0.15) is 0 Å². The van der Waals surface area contributed by atoms with Crippen LogP contribution in [0.3, 0.4) is 0 Å². The Morgan fingerprint density at radius 2 is 2.25 bits per heavy atom. The lowest BCUT2D eigenvalue weighted by Crippen LogP contribution is -2.17. The summed E-state index contributed by atoms with van der Waals surface area (Å²) in [5.74, 6) is 0.960. The van der Waals surface area contributed by atoms with Crippen LogP contribution in [0.25, 0.3) is 0 Å². The van der Waals surface area contributed by atoms with Gasteiger partial charge in [0.25, 0.3) is 0 Å². The Morgan fingerprint density at radius 1 is 1.44 bits per heavy atom. The molecule has 2 rings (SSSR count). The van der Waals surface area contributed by atoms with Crippen molar-refractivity contribution in [3.63, 3.8) is 0 Å². The molecular weight excluding hydrogens is 246 g/mol. The molecule has 4 nitrogen and oxygen atoms in total. The minimum absolute atomic E-state index is 0.489. The van der Waals surface area contributed by atoms with Crippen LogP contribution in [-0.2, 0) is 13.1 Å². The number of aryl methyl sites for hydroxylation is 1. The monoisotopic (exact) mass is 257 g/mol. The summed E-state index contributed by atoms with van der Waals surface area (Å²) >= 11 is 7.13. The fourth-order valence-corrected chi connectivity index (χ4v) is 2.40. The lowest BCUT2D eigenvalue weighted by molar-refractivity contribution is 0.315. The first-order chi connectivity index (χ1) is 7.65. The van der Waals surface area contributed by atoms with E-state index in [0.717, 1.165) is 23.9 Å². The highest BCUT2D eigenvalue weighted by molar-refractivity contribution is 7.15. The summed E-state index contributed by atoms with van der Waals surface area (Å²) in [4.78, 5) is 2.15. The number of hydrogen-bond donors (Lipinski definition) is 0. The molecule has 0 spiro atoms. The Hall–Kier alpha value is -0.910. The smallest absolute Gasteiger partial charge is 0.207 e. The van der Waals surface area contributed by atoms with Crippen molar-refractivity contribution in [2.75, 3.05) is 7.05 Å². The molecule has 0 aliphatic heterocycles. The van der Waals surface area contributed by atoms with Crippen LogP contribution in [0.15, 0.2) is 16.7 Å². The van der Waals surface area contributed by atoms with E-state index in [1.54, 1.807) is 6.26 Å². The van der Waals surface area contributed by atoms with E-state index < -0.39 is 0 Å². The highest BCUT2D eigenvalue weighted by Crippen LogP contribution is 2.17. The molecule has 6 heteroatoms. The number of halogens is 1. The molecule has 0 aliphatic carbocycles. The van der Waals surface area contributed by atoms with Crippen molar-refractivity contribution in [1.29, 1.82) is 0 Å². The third-order valence-electron chi connectivity index (χ3n) is 2.25. The third-order valence-corrected chi connectivity index (χ3v) is 3.26. The highest BCUT2D eigenvalue weighted by atomic mass is 35.5. The molecule has 0 atom stereocenters. The molecule has 0 fully saturated rings. The SMILES string of the molecule is Cc1occc1CN(C)Cc1nnc(Cl)s1. The molecule has 0 unspecified atom stereocenters. The molecule has 2 aromatic rings. The molecular formula is C10H12ClN3OS. The zero-order chi connectivity index (χ0) is 11.5. The third kappa shape index (κ3) is 2.81. The molecule has 86 valence electrons. The molecule has 0 aromatic carbocycles. The van der Waals surface area contributed by atoms with Crippen LogP contribution < -0.4 is 0 Å². The maximum Gasteiger partial charge on any atom is 0.207 e. The van der Waals surface area contributed by atoms with Crippen LogP contribution in [-0.4, -0.2) is 22.1 Å². The lowest BCUT2D eigenvalue weighted by Gasteiger charge is -2.13. The first-order valence-electron chi connectivity index (χ1n) is 4.84. The van der Waals surface area contributed by atoms with Crippen molar-refractivity contribution in [3.8, 4) is 0 Å². The second-order valence-corrected chi connectivity index (χ2v) is 5.27. The summed E-state index contributed by atoms with van der Waals surface area (Å²) in [6.07, 6.45) is 1.71. The highest BCUT2D eigenvalue weighted by Gasteiger charge is 2.08. The Kier molecular flexibility index (Phi) is 3.58. The number of furan rings is 1. The van der Waals surface area contributed by atoms with Crippen LogP contribution in [0.4, 0.5) is 0 Å². The lowest BCUT2D eigenvalue weighted by atomic mass is 10.2. The zero-order valence-electron chi connectivity index (χ0n) is 9.11. The largest absolute Gasteiger partial charge is 0.469 e. The summed E-state index contributed by atoms with van der Waals surface area (Å²) < 4.78 is 5.74. The van der Waals surface area contributed by atoms with E-state index in [4.69, 9.17) is 16.0 Å². The van der Waals surface area contributed by atoms with Gasteiger partial charge >= 0.3 is 0 Å². The molecule has 0 saturated carbocycles. The number of rotatable bonds is 4. The number of hydrogen-bond acceptors (Lipinski definition) is 5. The van der Waals surface area contributed by atoms with Gasteiger partial charge in [0, 0.05) is 12.1 Å². The molecule has 2 heterocycles. The van der Waals surface area contributed by atoms with E-state index in [-0.39, 0.29) is 0 Å². The van der Waals surface area contributed by atoms with E-state index >= 15 is 0 Å². The maximum atomic E-state index is 5.72. The quantitative estimate of drug-likeness (QED) is 0.845. The van der Waals surface area contributed by atoms with Gasteiger partial charge in [0.05, 0.1) is 12.8 Å². The summed E-state index contributed by atoms with van der Waals surface area (Å²) in [6, 6.07) is 1.99. The van der Waals surface area contributed by atoms with Crippen LogP contribution in [0, 0.1) is 6.92 Å². The van der Waals surface area contributed by atoms with Gasteiger partial charge in [0.2, 0.25) is 4.47 Å². The zero-order valence-corrected chi connectivity index (χ0v) is 10.7. The maximum absolute atomic E-state index is 5.72. The topological polar surface area (TPSA) is 42.2 Å². The van der Waals surface area contributed by atoms with Gasteiger partial charge in [-0.1, -0.05) is 11.3 Å². The van der Waals surface area contributed by atoms with Crippen molar-refractivity contribution in [3.05, 3.63) is 33.1 Å². The average molecular weight is 258 g/mol. The van der Waals surface area contributed by atoms with E-state index in [0.29, 0.717) is 4.47 Å². The Labute approximate surface area is 103 Å². The summed E-state index contributed by atoms with van der Waals surface area (Å²) in [6.45, 7) is 3.54. The van der Waals surface area contributed by atoms with Crippen molar-refractivity contribution >= 4 is 22.9 Å². The predicted molar refractivity (Wildman–Crippen MR) is 63.5 cm³/mol. The van der Waals surface area contributed by atoms with Gasteiger partial charge in [-0.15, -0.1) is 10.2 Å². The van der Waals surface area contributed by atoms with Crippen LogP contribution in [0.2, 0.25) is 4.47 Å². The molecule has 0 bridgehead atoms. The minimum atomic E-state index is 0.489. The van der Waals surface area contributed by atoms with Gasteiger partial charge in [0.15, 0.2) is 0 Å².